The number of aromatic nitrogens is 1. The topological polar surface area (TPSA) is 63.6 Å². The lowest BCUT2D eigenvalue weighted by Crippen LogP contribution is -2.38. The molecule has 0 bridgehead atoms. The quantitative estimate of drug-likeness (QED) is 0.395. The van der Waals surface area contributed by atoms with Crippen LogP contribution in [0.3, 0.4) is 0 Å². The summed E-state index contributed by atoms with van der Waals surface area (Å²) >= 11 is 0. The van der Waals surface area contributed by atoms with Crippen molar-refractivity contribution in [2.24, 2.45) is 7.05 Å². The number of aryl methyl sites for hydroxylation is 1. The van der Waals surface area contributed by atoms with E-state index in [1.807, 2.05) is 48.5 Å². The van der Waals surface area contributed by atoms with E-state index in [1.165, 1.54) is 22.7 Å². The summed E-state index contributed by atoms with van der Waals surface area (Å²) in [7, 11) is 3.07. The van der Waals surface area contributed by atoms with Crippen molar-refractivity contribution in [1.82, 2.24) is 9.47 Å². The molecular formula is C29H30F3N3O3. The molecule has 0 radical (unpaired) electrons. The third kappa shape index (κ3) is 6.27. The van der Waals surface area contributed by atoms with Gasteiger partial charge in [0.15, 0.2) is 0 Å². The second kappa shape index (κ2) is 11.2. The standard InChI is InChI=1S/C29H30F3N3O3/c1-19(16-20-4-10-24(38-3)11-5-20)27(36)33-23-8-6-21(7-9-23)22-12-14-35(15-13-22)28(37)25-17-34(2)18-26(25)29(30,31)32/h4-11,16-18,22H,12-15H2,1-3H3,(H,33,36)/b19-16+. The van der Waals surface area contributed by atoms with Gasteiger partial charge in [0.1, 0.15) is 5.75 Å². The van der Waals surface area contributed by atoms with Crippen LogP contribution < -0.4 is 10.1 Å². The van der Waals surface area contributed by atoms with E-state index in [1.54, 1.807) is 20.1 Å². The first-order valence-corrected chi connectivity index (χ1v) is 12.3. The number of likely N-dealkylation sites (tertiary alicyclic amines) is 1. The van der Waals surface area contributed by atoms with Crippen molar-refractivity contribution in [2.75, 3.05) is 25.5 Å². The Balaban J connectivity index is 1.33. The van der Waals surface area contributed by atoms with Crippen molar-refractivity contribution in [3.05, 3.63) is 88.8 Å². The number of ether oxygens (including phenoxy) is 1. The van der Waals surface area contributed by atoms with Gasteiger partial charge in [-0.3, -0.25) is 9.59 Å². The molecule has 3 aromatic rings. The Bertz CT molecular complexity index is 1320. The second-order valence-electron chi connectivity index (χ2n) is 9.49. The van der Waals surface area contributed by atoms with E-state index in [-0.39, 0.29) is 17.4 Å². The molecule has 38 heavy (non-hydrogen) atoms. The van der Waals surface area contributed by atoms with Crippen LogP contribution in [-0.2, 0) is 18.0 Å². The van der Waals surface area contributed by atoms with Crippen LogP contribution in [-0.4, -0.2) is 41.5 Å². The van der Waals surface area contributed by atoms with Crippen LogP contribution in [0.1, 0.15) is 52.7 Å². The summed E-state index contributed by atoms with van der Waals surface area (Å²) in [6.07, 6.45) is 0.691. The van der Waals surface area contributed by atoms with Gasteiger partial charge in [0.05, 0.1) is 18.2 Å². The van der Waals surface area contributed by atoms with Crippen LogP contribution in [0.15, 0.2) is 66.5 Å². The van der Waals surface area contributed by atoms with Gasteiger partial charge in [-0.05, 0) is 67.2 Å². The number of carbonyl (C=O) groups excluding carboxylic acids is 2. The van der Waals surface area contributed by atoms with Crippen molar-refractivity contribution >= 4 is 23.6 Å². The summed E-state index contributed by atoms with van der Waals surface area (Å²) in [5, 5.41) is 2.90. The number of anilines is 1. The number of amides is 2. The number of benzene rings is 2. The first-order valence-electron chi connectivity index (χ1n) is 12.3. The summed E-state index contributed by atoms with van der Waals surface area (Å²) in [4.78, 5) is 26.9. The second-order valence-corrected chi connectivity index (χ2v) is 9.49. The molecule has 2 aromatic carbocycles. The van der Waals surface area contributed by atoms with Crippen molar-refractivity contribution in [2.45, 2.75) is 31.9 Å². The maximum absolute atomic E-state index is 13.3. The summed E-state index contributed by atoms with van der Waals surface area (Å²) in [5.74, 6) is 0.124. The maximum Gasteiger partial charge on any atom is 0.418 e. The molecule has 2 amide bonds. The Hall–Kier alpha value is -4.01. The Morgan fingerprint density at radius 1 is 1.00 bits per heavy atom. The number of carbonyl (C=O) groups is 2. The zero-order chi connectivity index (χ0) is 27.4. The fourth-order valence-electron chi connectivity index (χ4n) is 4.65. The minimum atomic E-state index is -4.58. The van der Waals surface area contributed by atoms with Gasteiger partial charge in [-0.15, -0.1) is 0 Å². The zero-order valence-corrected chi connectivity index (χ0v) is 21.5. The van der Waals surface area contributed by atoms with Gasteiger partial charge in [-0.2, -0.15) is 13.2 Å². The number of halogens is 3. The summed E-state index contributed by atoms with van der Waals surface area (Å²) in [6, 6.07) is 15.0. The smallest absolute Gasteiger partial charge is 0.418 e. The number of nitrogens with one attached hydrogen (secondary N) is 1. The molecule has 1 aliphatic heterocycles. The van der Waals surface area contributed by atoms with Crippen LogP contribution in [0.25, 0.3) is 6.08 Å². The number of alkyl halides is 3. The lowest BCUT2D eigenvalue weighted by molar-refractivity contribution is -0.138. The Morgan fingerprint density at radius 3 is 2.21 bits per heavy atom. The highest BCUT2D eigenvalue weighted by Gasteiger charge is 2.38. The average molecular weight is 526 g/mol. The normalized spacial score (nSPS) is 14.9. The fraction of sp³-hybridized carbons (Fsp3) is 0.310. The Morgan fingerprint density at radius 2 is 1.63 bits per heavy atom. The van der Waals surface area contributed by atoms with E-state index in [9.17, 15) is 22.8 Å². The number of hydrogen-bond acceptors (Lipinski definition) is 3. The number of piperidine rings is 1. The molecular weight excluding hydrogens is 495 g/mol. The summed E-state index contributed by atoms with van der Waals surface area (Å²) in [6.45, 7) is 2.50. The first-order chi connectivity index (χ1) is 18.0. The fourth-order valence-corrected chi connectivity index (χ4v) is 4.65. The molecule has 0 atom stereocenters. The molecule has 1 saturated heterocycles. The summed E-state index contributed by atoms with van der Waals surface area (Å²) < 4.78 is 46.4. The molecule has 4 rings (SSSR count). The van der Waals surface area contributed by atoms with E-state index in [2.05, 4.69) is 5.32 Å². The molecule has 200 valence electrons. The highest BCUT2D eigenvalue weighted by molar-refractivity contribution is 6.06. The SMILES string of the molecule is COc1ccc(/C=C(\C)C(=O)Nc2ccc(C3CCN(C(=O)c4cn(C)cc4C(F)(F)F)CC3)cc2)cc1. The predicted molar refractivity (Wildman–Crippen MR) is 140 cm³/mol. The van der Waals surface area contributed by atoms with E-state index in [0.29, 0.717) is 37.2 Å². The molecule has 1 aliphatic rings. The lowest BCUT2D eigenvalue weighted by atomic mass is 9.89. The monoisotopic (exact) mass is 525 g/mol. The van der Waals surface area contributed by atoms with Crippen molar-refractivity contribution in [3.8, 4) is 5.75 Å². The van der Waals surface area contributed by atoms with Crippen molar-refractivity contribution in [3.63, 3.8) is 0 Å². The molecule has 9 heteroatoms. The average Bonchev–Trinajstić information content (AvgIpc) is 3.31. The van der Waals surface area contributed by atoms with Gasteiger partial charge in [0, 0.05) is 43.8 Å². The van der Waals surface area contributed by atoms with Crippen molar-refractivity contribution in [1.29, 1.82) is 0 Å². The Kier molecular flexibility index (Phi) is 7.94. The van der Waals surface area contributed by atoms with Crippen LogP contribution in [0.5, 0.6) is 5.75 Å². The molecule has 0 unspecified atom stereocenters. The molecule has 1 aromatic heterocycles. The number of hydrogen-bond donors (Lipinski definition) is 1. The third-order valence-corrected chi connectivity index (χ3v) is 6.77. The highest BCUT2D eigenvalue weighted by atomic mass is 19.4. The number of rotatable bonds is 6. The number of methoxy groups -OCH3 is 1. The Labute approximate surface area is 219 Å². The van der Waals surface area contributed by atoms with Crippen LogP contribution in [0.2, 0.25) is 0 Å². The van der Waals surface area contributed by atoms with Crippen LogP contribution in [0, 0.1) is 0 Å². The van der Waals surface area contributed by atoms with E-state index in [0.717, 1.165) is 23.1 Å². The van der Waals surface area contributed by atoms with Gasteiger partial charge in [0.25, 0.3) is 11.8 Å². The van der Waals surface area contributed by atoms with Gasteiger partial charge in [0.2, 0.25) is 0 Å². The van der Waals surface area contributed by atoms with Gasteiger partial charge < -0.3 is 19.5 Å². The molecule has 0 aliphatic carbocycles. The molecule has 2 heterocycles. The third-order valence-electron chi connectivity index (χ3n) is 6.77. The molecule has 6 nitrogen and oxygen atoms in total. The van der Waals surface area contributed by atoms with Gasteiger partial charge in [-0.25, -0.2) is 0 Å². The van der Waals surface area contributed by atoms with Crippen LogP contribution >= 0.6 is 0 Å². The van der Waals surface area contributed by atoms with Crippen LogP contribution in [0.4, 0.5) is 18.9 Å². The summed E-state index contributed by atoms with van der Waals surface area (Å²) in [5.41, 5.74) is 1.96. The lowest BCUT2D eigenvalue weighted by Gasteiger charge is -2.32. The van der Waals surface area contributed by atoms with Gasteiger partial charge >= 0.3 is 6.18 Å². The minimum absolute atomic E-state index is 0.179. The zero-order valence-electron chi connectivity index (χ0n) is 21.5. The largest absolute Gasteiger partial charge is 0.497 e. The molecule has 1 fully saturated rings. The minimum Gasteiger partial charge on any atom is -0.497 e. The number of nitrogens with zero attached hydrogens (tertiary/aromatic N) is 2. The predicted octanol–water partition coefficient (Wildman–Crippen LogP) is 6.11. The first kappa shape index (κ1) is 27.0. The van der Waals surface area contributed by atoms with E-state index < -0.39 is 17.6 Å². The molecule has 0 saturated carbocycles. The highest BCUT2D eigenvalue weighted by Crippen LogP contribution is 2.35. The maximum atomic E-state index is 13.3. The van der Waals surface area contributed by atoms with E-state index >= 15 is 0 Å². The van der Waals surface area contributed by atoms with Crippen molar-refractivity contribution < 1.29 is 27.5 Å². The van der Waals surface area contributed by atoms with E-state index in [4.69, 9.17) is 4.74 Å². The molecule has 1 N–H and O–H groups in total. The van der Waals surface area contributed by atoms with Gasteiger partial charge in [-0.1, -0.05) is 24.3 Å². The molecule has 0 spiro atoms.